The van der Waals surface area contributed by atoms with Crippen molar-refractivity contribution in [2.24, 2.45) is 7.05 Å². The Morgan fingerprint density at radius 3 is 2.67 bits per heavy atom. The zero-order chi connectivity index (χ0) is 18.0. The minimum atomic E-state index is -5.07. The molecule has 1 amide bonds. The highest BCUT2D eigenvalue weighted by Crippen LogP contribution is 2.40. The van der Waals surface area contributed by atoms with Crippen LogP contribution >= 0.6 is 0 Å². The molecular formula is C15H16F3N3O3. The summed E-state index contributed by atoms with van der Waals surface area (Å²) in [7, 11) is 2.73. The van der Waals surface area contributed by atoms with Crippen LogP contribution in [0.25, 0.3) is 0 Å². The molecule has 9 heteroatoms. The molecule has 0 aliphatic carbocycles. The Morgan fingerprint density at radius 2 is 2.12 bits per heavy atom. The number of alkyl halides is 3. The van der Waals surface area contributed by atoms with Gasteiger partial charge >= 0.3 is 6.18 Å². The molecule has 1 aromatic carbocycles. The number of rotatable bonds is 5. The molecule has 0 saturated heterocycles. The monoisotopic (exact) mass is 343 g/mol. The van der Waals surface area contributed by atoms with Gasteiger partial charge in [-0.05, 0) is 12.1 Å². The number of halogens is 3. The maximum atomic E-state index is 13.4. The summed E-state index contributed by atoms with van der Waals surface area (Å²) in [6.45, 7) is 0. The second-order valence-electron chi connectivity index (χ2n) is 5.18. The van der Waals surface area contributed by atoms with Gasteiger partial charge in [-0.1, -0.05) is 6.07 Å². The number of imidazole rings is 1. The highest BCUT2D eigenvalue weighted by molar-refractivity contribution is 5.91. The second-order valence-corrected chi connectivity index (χ2v) is 5.18. The van der Waals surface area contributed by atoms with Gasteiger partial charge in [0.2, 0.25) is 11.5 Å². The molecule has 6 nitrogen and oxygen atoms in total. The van der Waals surface area contributed by atoms with Crippen molar-refractivity contribution in [1.82, 2.24) is 9.55 Å². The van der Waals surface area contributed by atoms with Crippen LogP contribution in [0.4, 0.5) is 18.9 Å². The SMILES string of the molecule is COc1cccc(NC(=O)C[C@@](O)(c2nccn2C)C(F)(F)F)c1. The molecule has 0 fully saturated rings. The number of carbonyl (C=O) groups excluding carboxylic acids is 1. The average molecular weight is 343 g/mol. The van der Waals surface area contributed by atoms with Crippen molar-refractivity contribution in [3.8, 4) is 5.75 Å². The quantitative estimate of drug-likeness (QED) is 0.873. The first kappa shape index (κ1) is 17.8. The number of carbonyl (C=O) groups is 1. The highest BCUT2D eigenvalue weighted by atomic mass is 19.4. The molecule has 0 aliphatic rings. The maximum absolute atomic E-state index is 13.4. The third-order valence-electron chi connectivity index (χ3n) is 3.43. The summed E-state index contributed by atoms with van der Waals surface area (Å²) in [4.78, 5) is 15.6. The van der Waals surface area contributed by atoms with E-state index in [9.17, 15) is 23.1 Å². The van der Waals surface area contributed by atoms with Gasteiger partial charge in [-0.3, -0.25) is 4.79 Å². The fourth-order valence-electron chi connectivity index (χ4n) is 2.21. The van der Waals surface area contributed by atoms with Crippen LogP contribution in [0.2, 0.25) is 0 Å². The molecule has 0 unspecified atom stereocenters. The van der Waals surface area contributed by atoms with E-state index in [1.165, 1.54) is 32.5 Å². The summed E-state index contributed by atoms with van der Waals surface area (Å²) >= 11 is 0. The molecule has 2 aromatic rings. The topological polar surface area (TPSA) is 76.4 Å². The summed E-state index contributed by atoms with van der Waals surface area (Å²) in [5.41, 5.74) is -3.14. The number of nitrogens with zero attached hydrogens (tertiary/aromatic N) is 2. The zero-order valence-corrected chi connectivity index (χ0v) is 13.0. The number of nitrogens with one attached hydrogen (secondary N) is 1. The molecule has 0 bridgehead atoms. The first-order chi connectivity index (χ1) is 11.2. The predicted molar refractivity (Wildman–Crippen MR) is 79.4 cm³/mol. The molecule has 0 spiro atoms. The van der Waals surface area contributed by atoms with Gasteiger partial charge in [0.15, 0.2) is 5.82 Å². The number of methoxy groups -OCH3 is 1. The number of benzene rings is 1. The number of anilines is 1. The smallest absolute Gasteiger partial charge is 0.425 e. The van der Waals surface area contributed by atoms with Gasteiger partial charge in [0.05, 0.1) is 13.5 Å². The van der Waals surface area contributed by atoms with Crippen LogP contribution in [0.15, 0.2) is 36.7 Å². The third-order valence-corrected chi connectivity index (χ3v) is 3.43. The number of ether oxygens (including phenoxy) is 1. The summed E-state index contributed by atoms with van der Waals surface area (Å²) in [5.74, 6) is -1.23. The lowest BCUT2D eigenvalue weighted by Crippen LogP contribution is -2.46. The van der Waals surface area contributed by atoms with Crippen LogP contribution in [0.3, 0.4) is 0 Å². The van der Waals surface area contributed by atoms with E-state index in [4.69, 9.17) is 4.74 Å². The van der Waals surface area contributed by atoms with E-state index >= 15 is 0 Å². The molecule has 0 aliphatic heterocycles. The Kier molecular flexibility index (Phi) is 4.83. The number of amides is 1. The zero-order valence-electron chi connectivity index (χ0n) is 13.0. The molecule has 0 radical (unpaired) electrons. The van der Waals surface area contributed by atoms with Crippen molar-refractivity contribution in [2.75, 3.05) is 12.4 Å². The predicted octanol–water partition coefficient (Wildman–Crippen LogP) is 2.21. The van der Waals surface area contributed by atoms with Crippen LogP contribution < -0.4 is 10.1 Å². The third kappa shape index (κ3) is 3.51. The molecule has 130 valence electrons. The van der Waals surface area contributed by atoms with Crippen LogP contribution in [0, 0.1) is 0 Å². The largest absolute Gasteiger partial charge is 0.497 e. The van der Waals surface area contributed by atoms with Crippen molar-refractivity contribution in [1.29, 1.82) is 0 Å². The van der Waals surface area contributed by atoms with Crippen molar-refractivity contribution in [2.45, 2.75) is 18.2 Å². The molecule has 1 aromatic heterocycles. The molecule has 1 heterocycles. The maximum Gasteiger partial charge on any atom is 0.425 e. The Morgan fingerprint density at radius 1 is 1.42 bits per heavy atom. The minimum Gasteiger partial charge on any atom is -0.497 e. The lowest BCUT2D eigenvalue weighted by molar-refractivity contribution is -0.270. The van der Waals surface area contributed by atoms with E-state index in [2.05, 4.69) is 10.3 Å². The van der Waals surface area contributed by atoms with Crippen molar-refractivity contribution in [3.63, 3.8) is 0 Å². The lowest BCUT2D eigenvalue weighted by atomic mass is 9.97. The van der Waals surface area contributed by atoms with Gasteiger partial charge in [0, 0.05) is 31.2 Å². The normalized spacial score (nSPS) is 14.1. The van der Waals surface area contributed by atoms with Gasteiger partial charge in [0.1, 0.15) is 5.75 Å². The molecule has 2 rings (SSSR count). The average Bonchev–Trinajstić information content (AvgIpc) is 2.92. The van der Waals surface area contributed by atoms with E-state index in [0.29, 0.717) is 5.75 Å². The number of aliphatic hydroxyl groups is 1. The van der Waals surface area contributed by atoms with Crippen LogP contribution in [-0.2, 0) is 17.4 Å². The summed E-state index contributed by atoms with van der Waals surface area (Å²) in [6.07, 6.45) is -3.92. The number of aryl methyl sites for hydroxylation is 1. The molecule has 24 heavy (non-hydrogen) atoms. The van der Waals surface area contributed by atoms with E-state index in [-0.39, 0.29) is 5.69 Å². The Balaban J connectivity index is 2.24. The summed E-state index contributed by atoms with van der Waals surface area (Å²) in [6, 6.07) is 6.14. The van der Waals surface area contributed by atoms with Crippen LogP contribution in [0.5, 0.6) is 5.75 Å². The summed E-state index contributed by atoms with van der Waals surface area (Å²) in [5, 5.41) is 12.5. The van der Waals surface area contributed by atoms with E-state index in [1.807, 2.05) is 0 Å². The van der Waals surface area contributed by atoms with Gasteiger partial charge in [-0.15, -0.1) is 0 Å². The lowest BCUT2D eigenvalue weighted by Gasteiger charge is -2.29. The fraction of sp³-hybridized carbons (Fsp3) is 0.333. The standard InChI is InChI=1S/C15H16F3N3O3/c1-21-7-6-19-13(21)14(23,15(16,17)18)9-12(22)20-10-4-3-5-11(8-10)24-2/h3-8,23H,9H2,1-2H3,(H,20,22)/t14-/m1/s1. The van der Waals surface area contributed by atoms with Crippen molar-refractivity contribution in [3.05, 3.63) is 42.5 Å². The highest BCUT2D eigenvalue weighted by Gasteiger charge is 2.58. The minimum absolute atomic E-state index is 0.253. The first-order valence-electron chi connectivity index (χ1n) is 6.88. The van der Waals surface area contributed by atoms with Crippen molar-refractivity contribution >= 4 is 11.6 Å². The number of aromatic nitrogens is 2. The molecule has 1 atom stereocenters. The van der Waals surface area contributed by atoms with Crippen LogP contribution in [-0.4, -0.2) is 33.9 Å². The van der Waals surface area contributed by atoms with Gasteiger partial charge < -0.3 is 19.7 Å². The van der Waals surface area contributed by atoms with Gasteiger partial charge in [0.25, 0.3) is 0 Å². The Labute approximate surface area is 135 Å². The fourth-order valence-corrected chi connectivity index (χ4v) is 2.21. The van der Waals surface area contributed by atoms with E-state index < -0.39 is 29.9 Å². The second kappa shape index (κ2) is 6.52. The Bertz CT molecular complexity index is 730. The molecular weight excluding hydrogens is 327 g/mol. The van der Waals surface area contributed by atoms with Gasteiger partial charge in [-0.2, -0.15) is 13.2 Å². The summed E-state index contributed by atoms with van der Waals surface area (Å²) < 4.78 is 46.1. The number of hydrogen-bond donors (Lipinski definition) is 2. The first-order valence-corrected chi connectivity index (χ1v) is 6.88. The molecule has 2 N–H and O–H groups in total. The Hall–Kier alpha value is -2.55. The van der Waals surface area contributed by atoms with E-state index in [0.717, 1.165) is 10.8 Å². The van der Waals surface area contributed by atoms with Crippen LogP contribution in [0.1, 0.15) is 12.2 Å². The van der Waals surface area contributed by atoms with E-state index in [1.54, 1.807) is 12.1 Å². The number of hydrogen-bond acceptors (Lipinski definition) is 4. The molecule has 0 saturated carbocycles. The van der Waals surface area contributed by atoms with Crippen molar-refractivity contribution < 1.29 is 27.8 Å². The van der Waals surface area contributed by atoms with Gasteiger partial charge in [-0.25, -0.2) is 4.98 Å².